The quantitative estimate of drug-likeness (QED) is 0.627. The zero-order chi connectivity index (χ0) is 17.5. The number of nitro benzene ring substituents is 1. The van der Waals surface area contributed by atoms with Crippen LogP contribution in [-0.2, 0) is 4.74 Å². The Hall–Kier alpha value is -2.88. The largest absolute Gasteiger partial charge is 0.465 e. The molecule has 2 rings (SSSR count). The van der Waals surface area contributed by atoms with Gasteiger partial charge in [-0.2, -0.15) is 0 Å². The number of nitrogens with one attached hydrogen (secondary N) is 1. The Morgan fingerprint density at radius 3 is 2.75 bits per heavy atom. The fraction of sp³-hybridized carbons (Fsp3) is 0.429. The number of hydrogen-bond acceptors (Lipinski definition) is 6. The summed E-state index contributed by atoms with van der Waals surface area (Å²) in [4.78, 5) is 34.0. The van der Waals surface area contributed by atoms with E-state index < -0.39 is 23.2 Å². The third-order valence-electron chi connectivity index (χ3n) is 3.35. The number of non-ortho nitro benzene ring substituents is 1. The SMILES string of the molecule is O=C(NCC1CN(C(=O)O)CCCO1)Oc1ccc([N+](=O)[O-])cc1. The molecule has 1 fully saturated rings. The Morgan fingerprint density at radius 2 is 2.12 bits per heavy atom. The molecule has 2 amide bonds. The van der Waals surface area contributed by atoms with Crippen LogP contribution >= 0.6 is 0 Å². The Morgan fingerprint density at radius 1 is 1.42 bits per heavy atom. The minimum absolute atomic E-state index is 0.0929. The van der Waals surface area contributed by atoms with Gasteiger partial charge in [0, 0.05) is 31.8 Å². The third-order valence-corrected chi connectivity index (χ3v) is 3.35. The molecule has 24 heavy (non-hydrogen) atoms. The predicted molar refractivity (Wildman–Crippen MR) is 81.1 cm³/mol. The van der Waals surface area contributed by atoms with Crippen LogP contribution in [0.15, 0.2) is 24.3 Å². The molecule has 1 aliphatic rings. The number of benzene rings is 1. The molecule has 0 aromatic heterocycles. The molecule has 0 bridgehead atoms. The molecule has 1 atom stereocenters. The number of ether oxygens (including phenoxy) is 2. The van der Waals surface area contributed by atoms with E-state index in [1.54, 1.807) is 0 Å². The maximum Gasteiger partial charge on any atom is 0.412 e. The molecule has 10 heteroatoms. The van der Waals surface area contributed by atoms with Crippen LogP contribution in [0, 0.1) is 10.1 Å². The summed E-state index contributed by atoms with van der Waals surface area (Å²) in [6.45, 7) is 1.05. The van der Waals surface area contributed by atoms with E-state index in [-0.39, 0.29) is 24.5 Å². The van der Waals surface area contributed by atoms with Crippen molar-refractivity contribution in [1.29, 1.82) is 0 Å². The van der Waals surface area contributed by atoms with E-state index in [1.807, 2.05) is 0 Å². The standard InChI is InChI=1S/C14H17N3O7/c18-13(24-11-4-2-10(3-5-11)17(21)22)15-8-12-9-16(14(19)20)6-1-7-23-12/h2-5,12H,1,6-9H2,(H,15,18)(H,19,20). The minimum Gasteiger partial charge on any atom is -0.465 e. The summed E-state index contributed by atoms with van der Waals surface area (Å²) in [6.07, 6.45) is -1.65. The molecule has 130 valence electrons. The van der Waals surface area contributed by atoms with Crippen LogP contribution in [0.25, 0.3) is 0 Å². The van der Waals surface area contributed by atoms with E-state index in [9.17, 15) is 19.7 Å². The van der Waals surface area contributed by atoms with Crippen molar-refractivity contribution >= 4 is 17.9 Å². The number of carbonyl (C=O) groups is 2. The molecule has 2 N–H and O–H groups in total. The highest BCUT2D eigenvalue weighted by Crippen LogP contribution is 2.17. The molecular weight excluding hydrogens is 322 g/mol. The first-order valence-electron chi connectivity index (χ1n) is 7.25. The molecule has 0 aliphatic carbocycles. The first kappa shape index (κ1) is 17.5. The summed E-state index contributed by atoms with van der Waals surface area (Å²) in [5.41, 5.74) is -0.108. The maximum atomic E-state index is 11.7. The van der Waals surface area contributed by atoms with Gasteiger partial charge >= 0.3 is 12.2 Å². The van der Waals surface area contributed by atoms with Crippen molar-refractivity contribution in [3.05, 3.63) is 34.4 Å². The molecular formula is C14H17N3O7. The van der Waals surface area contributed by atoms with Crippen molar-refractivity contribution < 1.29 is 29.1 Å². The second kappa shape index (κ2) is 8.11. The molecule has 1 aliphatic heterocycles. The number of nitro groups is 1. The lowest BCUT2D eigenvalue weighted by molar-refractivity contribution is -0.384. The molecule has 0 spiro atoms. The zero-order valence-corrected chi connectivity index (χ0v) is 12.7. The van der Waals surface area contributed by atoms with E-state index in [1.165, 1.54) is 29.2 Å². The average Bonchev–Trinajstić information content (AvgIpc) is 2.79. The Kier molecular flexibility index (Phi) is 5.90. The summed E-state index contributed by atoms with van der Waals surface area (Å²) in [6, 6.07) is 5.07. The smallest absolute Gasteiger partial charge is 0.412 e. The van der Waals surface area contributed by atoms with Crippen molar-refractivity contribution in [2.75, 3.05) is 26.2 Å². The number of carbonyl (C=O) groups excluding carboxylic acids is 1. The molecule has 10 nitrogen and oxygen atoms in total. The highest BCUT2D eigenvalue weighted by molar-refractivity contribution is 5.70. The number of amides is 2. The van der Waals surface area contributed by atoms with E-state index >= 15 is 0 Å². The van der Waals surface area contributed by atoms with Crippen molar-refractivity contribution in [2.45, 2.75) is 12.5 Å². The van der Waals surface area contributed by atoms with E-state index in [0.29, 0.717) is 19.6 Å². The van der Waals surface area contributed by atoms with Gasteiger partial charge in [0.25, 0.3) is 5.69 Å². The molecule has 1 unspecified atom stereocenters. The number of hydrogen-bond donors (Lipinski definition) is 2. The second-order valence-electron chi connectivity index (χ2n) is 5.10. The van der Waals surface area contributed by atoms with Gasteiger partial charge in [0.1, 0.15) is 5.75 Å². The Bertz CT molecular complexity index is 605. The monoisotopic (exact) mass is 339 g/mol. The van der Waals surface area contributed by atoms with Crippen LogP contribution in [0.3, 0.4) is 0 Å². The van der Waals surface area contributed by atoms with Crippen LogP contribution in [0.2, 0.25) is 0 Å². The van der Waals surface area contributed by atoms with Gasteiger partial charge in [-0.15, -0.1) is 0 Å². The first-order chi connectivity index (χ1) is 11.5. The number of rotatable bonds is 4. The van der Waals surface area contributed by atoms with Crippen LogP contribution in [0.5, 0.6) is 5.75 Å². The molecule has 0 saturated carbocycles. The van der Waals surface area contributed by atoms with Crippen LogP contribution < -0.4 is 10.1 Å². The summed E-state index contributed by atoms with van der Waals surface area (Å²) < 4.78 is 10.5. The van der Waals surface area contributed by atoms with Crippen LogP contribution in [0.4, 0.5) is 15.3 Å². The molecule has 1 heterocycles. The summed E-state index contributed by atoms with van der Waals surface area (Å²) in [5, 5.41) is 22.1. The van der Waals surface area contributed by atoms with Gasteiger partial charge in [-0.1, -0.05) is 0 Å². The second-order valence-corrected chi connectivity index (χ2v) is 5.10. The van der Waals surface area contributed by atoms with Gasteiger partial charge in [-0.05, 0) is 18.6 Å². The van der Waals surface area contributed by atoms with Gasteiger partial charge in [0.15, 0.2) is 0 Å². The zero-order valence-electron chi connectivity index (χ0n) is 12.7. The average molecular weight is 339 g/mol. The molecule has 1 saturated heterocycles. The summed E-state index contributed by atoms with van der Waals surface area (Å²) in [5.74, 6) is 0.159. The van der Waals surface area contributed by atoms with Gasteiger partial charge in [-0.3, -0.25) is 10.1 Å². The van der Waals surface area contributed by atoms with Crippen molar-refractivity contribution in [3.63, 3.8) is 0 Å². The van der Waals surface area contributed by atoms with Crippen molar-refractivity contribution in [2.24, 2.45) is 0 Å². The maximum absolute atomic E-state index is 11.7. The van der Waals surface area contributed by atoms with E-state index in [2.05, 4.69) is 5.32 Å². The van der Waals surface area contributed by atoms with E-state index in [4.69, 9.17) is 14.6 Å². The first-order valence-corrected chi connectivity index (χ1v) is 7.25. The lowest BCUT2D eigenvalue weighted by atomic mass is 10.3. The summed E-state index contributed by atoms with van der Waals surface area (Å²) in [7, 11) is 0. The number of nitrogens with zero attached hydrogens (tertiary/aromatic N) is 2. The van der Waals surface area contributed by atoms with Gasteiger partial charge in [0.2, 0.25) is 0 Å². The van der Waals surface area contributed by atoms with Crippen LogP contribution in [0.1, 0.15) is 6.42 Å². The highest BCUT2D eigenvalue weighted by Gasteiger charge is 2.22. The predicted octanol–water partition coefficient (Wildman–Crippen LogP) is 1.45. The van der Waals surface area contributed by atoms with E-state index in [0.717, 1.165) is 0 Å². The van der Waals surface area contributed by atoms with Gasteiger partial charge in [-0.25, -0.2) is 9.59 Å². The topological polar surface area (TPSA) is 131 Å². The molecule has 1 aromatic rings. The molecule has 0 radical (unpaired) electrons. The highest BCUT2D eigenvalue weighted by atomic mass is 16.6. The van der Waals surface area contributed by atoms with Crippen molar-refractivity contribution in [1.82, 2.24) is 10.2 Å². The fourth-order valence-electron chi connectivity index (χ4n) is 2.17. The minimum atomic E-state index is -1.03. The van der Waals surface area contributed by atoms with Gasteiger partial charge in [0.05, 0.1) is 17.6 Å². The fourth-order valence-corrected chi connectivity index (χ4v) is 2.17. The molecule has 1 aromatic carbocycles. The third kappa shape index (κ3) is 5.09. The lowest BCUT2D eigenvalue weighted by Gasteiger charge is -2.21. The lowest BCUT2D eigenvalue weighted by Crippen LogP contribution is -2.42. The van der Waals surface area contributed by atoms with Crippen LogP contribution in [-0.4, -0.2) is 59.5 Å². The Labute approximate surface area is 137 Å². The Balaban J connectivity index is 1.81. The van der Waals surface area contributed by atoms with Gasteiger partial charge < -0.3 is 24.8 Å². The number of carboxylic acid groups (broad SMARTS) is 1. The van der Waals surface area contributed by atoms with Crippen molar-refractivity contribution in [3.8, 4) is 5.75 Å². The summed E-state index contributed by atoms with van der Waals surface area (Å²) >= 11 is 0. The normalized spacial score (nSPS) is 17.7.